The fraction of sp³-hybridized carbons (Fsp3) is 0.143. The topological polar surface area (TPSA) is 60.1 Å². The van der Waals surface area contributed by atoms with Gasteiger partial charge in [0.15, 0.2) is 5.76 Å². The SMILES string of the molecule is Cc1cc(C)c2c(C)c(C(=O)NCc3cn(-c4ccccc4)nc3-c3ccc(Cl)cc3)oc2c1. The minimum atomic E-state index is -0.250. The van der Waals surface area contributed by atoms with Crippen LogP contribution in [-0.2, 0) is 6.54 Å². The van der Waals surface area contributed by atoms with Crippen LogP contribution in [0.2, 0.25) is 5.02 Å². The van der Waals surface area contributed by atoms with Crippen LogP contribution < -0.4 is 5.32 Å². The Labute approximate surface area is 203 Å². The van der Waals surface area contributed by atoms with Gasteiger partial charge < -0.3 is 9.73 Å². The Kier molecular flexibility index (Phi) is 5.72. The van der Waals surface area contributed by atoms with E-state index in [4.69, 9.17) is 21.1 Å². The lowest BCUT2D eigenvalue weighted by Crippen LogP contribution is -2.23. The lowest BCUT2D eigenvalue weighted by molar-refractivity contribution is 0.0924. The third kappa shape index (κ3) is 4.11. The molecule has 0 saturated carbocycles. The van der Waals surface area contributed by atoms with Crippen LogP contribution in [0, 0.1) is 20.8 Å². The van der Waals surface area contributed by atoms with Gasteiger partial charge in [-0.25, -0.2) is 4.68 Å². The van der Waals surface area contributed by atoms with Crippen molar-refractivity contribution in [2.45, 2.75) is 27.3 Å². The predicted octanol–water partition coefficient (Wildman–Crippen LogP) is 6.79. The Bertz CT molecular complexity index is 1500. The summed E-state index contributed by atoms with van der Waals surface area (Å²) in [5.41, 5.74) is 7.33. The number of para-hydroxylation sites is 1. The molecule has 0 bridgehead atoms. The zero-order valence-electron chi connectivity index (χ0n) is 19.2. The van der Waals surface area contributed by atoms with Gasteiger partial charge in [0.05, 0.1) is 11.4 Å². The number of amides is 1. The maximum Gasteiger partial charge on any atom is 0.287 e. The maximum atomic E-state index is 13.1. The quantitative estimate of drug-likeness (QED) is 0.308. The number of hydrogen-bond acceptors (Lipinski definition) is 3. The van der Waals surface area contributed by atoms with E-state index in [1.165, 1.54) is 0 Å². The summed E-state index contributed by atoms with van der Waals surface area (Å²) in [6, 6.07) is 21.5. The molecule has 5 rings (SSSR count). The first-order valence-corrected chi connectivity index (χ1v) is 11.5. The van der Waals surface area contributed by atoms with Gasteiger partial charge in [0.2, 0.25) is 0 Å². The Balaban J connectivity index is 1.47. The van der Waals surface area contributed by atoms with E-state index >= 15 is 0 Å². The van der Waals surface area contributed by atoms with Crippen molar-refractivity contribution in [2.24, 2.45) is 0 Å². The van der Waals surface area contributed by atoms with Crippen LogP contribution in [0.15, 0.2) is 77.3 Å². The molecule has 0 saturated heterocycles. The number of nitrogens with one attached hydrogen (secondary N) is 1. The van der Waals surface area contributed by atoms with E-state index in [2.05, 4.69) is 11.4 Å². The van der Waals surface area contributed by atoms with Gasteiger partial charge in [0.1, 0.15) is 5.58 Å². The molecular weight excluding hydrogens is 446 g/mol. The maximum absolute atomic E-state index is 13.1. The molecule has 0 atom stereocenters. The van der Waals surface area contributed by atoms with Crippen LogP contribution in [0.4, 0.5) is 0 Å². The number of halogens is 1. The zero-order chi connectivity index (χ0) is 23.8. The minimum Gasteiger partial charge on any atom is -0.451 e. The number of furan rings is 1. The number of rotatable bonds is 5. The van der Waals surface area contributed by atoms with E-state index in [9.17, 15) is 4.79 Å². The molecule has 5 nitrogen and oxygen atoms in total. The molecule has 2 heterocycles. The average molecular weight is 470 g/mol. The fourth-order valence-electron chi connectivity index (χ4n) is 4.36. The molecule has 0 aliphatic rings. The van der Waals surface area contributed by atoms with Gasteiger partial charge in [-0.3, -0.25) is 4.79 Å². The third-order valence-electron chi connectivity index (χ3n) is 5.95. The molecular formula is C28H24ClN3O2. The standard InChI is InChI=1S/C28H24ClN3O2/c1-17-13-18(2)25-19(3)27(34-24(25)14-17)28(33)30-15-21-16-32(23-7-5-4-6-8-23)31-26(21)20-9-11-22(29)12-10-20/h4-14,16H,15H2,1-3H3,(H,30,33). The lowest BCUT2D eigenvalue weighted by Gasteiger charge is -2.05. The van der Waals surface area contributed by atoms with E-state index in [1.807, 2.05) is 92.3 Å². The summed E-state index contributed by atoms with van der Waals surface area (Å²) in [7, 11) is 0. The largest absolute Gasteiger partial charge is 0.451 e. The van der Waals surface area contributed by atoms with E-state index in [1.54, 1.807) is 0 Å². The van der Waals surface area contributed by atoms with Gasteiger partial charge in [0.25, 0.3) is 5.91 Å². The molecule has 1 N–H and O–H groups in total. The lowest BCUT2D eigenvalue weighted by atomic mass is 10.0. The second-order valence-corrected chi connectivity index (χ2v) is 8.92. The molecule has 34 heavy (non-hydrogen) atoms. The highest BCUT2D eigenvalue weighted by atomic mass is 35.5. The van der Waals surface area contributed by atoms with Crippen LogP contribution in [0.25, 0.3) is 27.9 Å². The average Bonchev–Trinajstić information content (AvgIpc) is 3.40. The Morgan fingerprint density at radius 1 is 1.03 bits per heavy atom. The number of benzene rings is 3. The van der Waals surface area contributed by atoms with Crippen molar-refractivity contribution in [3.05, 3.63) is 106 Å². The predicted molar refractivity (Wildman–Crippen MR) is 136 cm³/mol. The molecule has 0 spiro atoms. The highest BCUT2D eigenvalue weighted by molar-refractivity contribution is 6.30. The van der Waals surface area contributed by atoms with Gasteiger partial charge in [-0.1, -0.05) is 48.0 Å². The van der Waals surface area contributed by atoms with Crippen molar-refractivity contribution in [3.8, 4) is 16.9 Å². The minimum absolute atomic E-state index is 0.250. The van der Waals surface area contributed by atoms with Crippen LogP contribution in [0.5, 0.6) is 0 Å². The number of aromatic nitrogens is 2. The number of aryl methyl sites for hydroxylation is 3. The van der Waals surface area contributed by atoms with Gasteiger partial charge in [-0.05, 0) is 62.2 Å². The van der Waals surface area contributed by atoms with E-state index in [-0.39, 0.29) is 5.91 Å². The molecule has 0 aliphatic carbocycles. The monoisotopic (exact) mass is 469 g/mol. The highest BCUT2D eigenvalue weighted by Crippen LogP contribution is 2.30. The van der Waals surface area contributed by atoms with Crippen LogP contribution in [-0.4, -0.2) is 15.7 Å². The fourth-order valence-corrected chi connectivity index (χ4v) is 4.49. The third-order valence-corrected chi connectivity index (χ3v) is 6.20. The summed E-state index contributed by atoms with van der Waals surface area (Å²) < 4.78 is 7.79. The second-order valence-electron chi connectivity index (χ2n) is 8.48. The summed E-state index contributed by atoms with van der Waals surface area (Å²) in [5.74, 6) is 0.0902. The van der Waals surface area contributed by atoms with Crippen LogP contribution >= 0.6 is 11.6 Å². The first kappa shape index (κ1) is 22.0. The number of nitrogens with zero attached hydrogens (tertiary/aromatic N) is 2. The summed E-state index contributed by atoms with van der Waals surface area (Å²) >= 11 is 6.09. The van der Waals surface area contributed by atoms with Gasteiger partial charge in [-0.15, -0.1) is 0 Å². The number of carbonyl (C=O) groups excluding carboxylic acids is 1. The van der Waals surface area contributed by atoms with Crippen LogP contribution in [0.1, 0.15) is 32.8 Å². The van der Waals surface area contributed by atoms with Gasteiger partial charge in [-0.2, -0.15) is 5.10 Å². The van der Waals surface area contributed by atoms with E-state index < -0.39 is 0 Å². The summed E-state index contributed by atoms with van der Waals surface area (Å²) in [4.78, 5) is 13.1. The molecule has 1 amide bonds. The van der Waals surface area contributed by atoms with Crippen molar-refractivity contribution < 1.29 is 9.21 Å². The zero-order valence-corrected chi connectivity index (χ0v) is 20.0. The summed E-state index contributed by atoms with van der Waals surface area (Å²) in [5, 5.41) is 9.48. The molecule has 0 radical (unpaired) electrons. The number of hydrogen-bond donors (Lipinski definition) is 1. The highest BCUT2D eigenvalue weighted by Gasteiger charge is 2.20. The van der Waals surface area contributed by atoms with Crippen molar-refractivity contribution in [3.63, 3.8) is 0 Å². The molecule has 0 aliphatic heterocycles. The van der Waals surface area contributed by atoms with E-state index in [0.717, 1.165) is 50.2 Å². The molecule has 0 fully saturated rings. The summed E-state index contributed by atoms with van der Waals surface area (Å²) in [6.07, 6.45) is 1.94. The number of carbonyl (C=O) groups is 1. The molecule has 170 valence electrons. The van der Waals surface area contributed by atoms with Crippen molar-refractivity contribution >= 4 is 28.5 Å². The Morgan fingerprint density at radius 3 is 2.50 bits per heavy atom. The smallest absolute Gasteiger partial charge is 0.287 e. The van der Waals surface area contributed by atoms with Gasteiger partial charge >= 0.3 is 0 Å². The first-order valence-electron chi connectivity index (χ1n) is 11.1. The molecule has 0 unspecified atom stereocenters. The van der Waals surface area contributed by atoms with E-state index in [0.29, 0.717) is 17.3 Å². The number of fused-ring (bicyclic) bond motifs is 1. The normalized spacial score (nSPS) is 11.2. The van der Waals surface area contributed by atoms with Crippen molar-refractivity contribution in [1.29, 1.82) is 0 Å². The molecule has 5 aromatic rings. The Morgan fingerprint density at radius 2 is 1.76 bits per heavy atom. The Hall–Kier alpha value is -3.83. The van der Waals surface area contributed by atoms with Crippen molar-refractivity contribution in [1.82, 2.24) is 15.1 Å². The van der Waals surface area contributed by atoms with Crippen LogP contribution in [0.3, 0.4) is 0 Å². The van der Waals surface area contributed by atoms with Crippen molar-refractivity contribution in [2.75, 3.05) is 0 Å². The van der Waals surface area contributed by atoms with Gasteiger partial charge in [0, 0.05) is 39.8 Å². The summed E-state index contributed by atoms with van der Waals surface area (Å²) in [6.45, 7) is 6.29. The molecule has 3 aromatic carbocycles. The first-order chi connectivity index (χ1) is 16.4. The molecule has 6 heteroatoms. The second kappa shape index (κ2) is 8.84. The molecule has 2 aromatic heterocycles.